The Bertz CT molecular complexity index is 1010. The summed E-state index contributed by atoms with van der Waals surface area (Å²) in [6.07, 6.45) is 4.69. The largest absolute Gasteiger partial charge is 0.349 e. The molecule has 1 saturated heterocycles. The van der Waals surface area contributed by atoms with E-state index in [1.54, 1.807) is 24.0 Å². The Morgan fingerprint density at radius 2 is 2.03 bits per heavy atom. The van der Waals surface area contributed by atoms with Crippen molar-refractivity contribution in [3.8, 4) is 0 Å². The van der Waals surface area contributed by atoms with Crippen LogP contribution in [0.15, 0.2) is 17.3 Å². The van der Waals surface area contributed by atoms with E-state index >= 15 is 0 Å². The van der Waals surface area contributed by atoms with Crippen molar-refractivity contribution in [2.45, 2.75) is 71.5 Å². The van der Waals surface area contributed by atoms with Crippen LogP contribution in [-0.4, -0.2) is 51.3 Å². The Labute approximate surface area is 178 Å². The lowest BCUT2D eigenvalue weighted by molar-refractivity contribution is -0.126. The summed E-state index contributed by atoms with van der Waals surface area (Å²) in [4.78, 5) is 13.1. The van der Waals surface area contributed by atoms with E-state index in [0.29, 0.717) is 31.6 Å². The van der Waals surface area contributed by atoms with Crippen LogP contribution in [0, 0.1) is 19.8 Å². The lowest BCUT2D eigenvalue weighted by Gasteiger charge is -2.31. The Hall–Kier alpha value is -2.20. The summed E-state index contributed by atoms with van der Waals surface area (Å²) in [6.45, 7) is 11.5. The number of rotatable bonds is 7. The molecule has 166 valence electrons. The zero-order valence-electron chi connectivity index (χ0n) is 18.4. The summed E-state index contributed by atoms with van der Waals surface area (Å²) in [7, 11) is -3.68. The smallest absolute Gasteiger partial charge is 0.246 e. The highest BCUT2D eigenvalue weighted by Crippen LogP contribution is 2.26. The number of nitrogens with zero attached hydrogens (tertiary/aromatic N) is 5. The first kappa shape index (κ1) is 22.5. The van der Waals surface area contributed by atoms with E-state index in [2.05, 4.69) is 15.5 Å². The molecule has 0 unspecified atom stereocenters. The van der Waals surface area contributed by atoms with Crippen molar-refractivity contribution in [2.75, 3.05) is 13.1 Å². The van der Waals surface area contributed by atoms with Crippen molar-refractivity contribution in [3.05, 3.63) is 29.3 Å². The predicted molar refractivity (Wildman–Crippen MR) is 113 cm³/mol. The fourth-order valence-corrected chi connectivity index (χ4v) is 5.74. The Morgan fingerprint density at radius 3 is 2.63 bits per heavy atom. The summed E-state index contributed by atoms with van der Waals surface area (Å²) in [5.41, 5.74) is 2.50. The summed E-state index contributed by atoms with van der Waals surface area (Å²) in [5, 5.41) is 11.6. The third kappa shape index (κ3) is 4.29. The van der Waals surface area contributed by atoms with Crippen LogP contribution >= 0.6 is 0 Å². The number of hydrogen-bond acceptors (Lipinski definition) is 5. The van der Waals surface area contributed by atoms with Gasteiger partial charge in [0.15, 0.2) is 0 Å². The van der Waals surface area contributed by atoms with E-state index in [0.717, 1.165) is 17.8 Å². The third-order valence-corrected chi connectivity index (χ3v) is 7.83. The lowest BCUT2D eigenvalue weighted by atomic mass is 9.98. The molecule has 2 aromatic rings. The monoisotopic (exact) mass is 436 g/mol. The van der Waals surface area contributed by atoms with Gasteiger partial charge in [0.1, 0.15) is 4.90 Å². The Morgan fingerprint density at radius 1 is 1.30 bits per heavy atom. The second-order valence-electron chi connectivity index (χ2n) is 7.87. The van der Waals surface area contributed by atoms with Crippen LogP contribution in [0.2, 0.25) is 0 Å². The van der Waals surface area contributed by atoms with E-state index in [-0.39, 0.29) is 29.3 Å². The van der Waals surface area contributed by atoms with Crippen molar-refractivity contribution in [2.24, 2.45) is 5.92 Å². The number of aromatic nitrogens is 4. The molecule has 10 heteroatoms. The first-order valence-electron chi connectivity index (χ1n) is 10.6. The SMILES string of the molecule is CCn1cc(S(=O)(=O)N2CCC[C@H](C(=O)N[C@@H](C)c3cnn(CC)c3C)C2)c(C)n1. The molecular weight excluding hydrogens is 404 g/mol. The maximum atomic E-state index is 13.2. The van der Waals surface area contributed by atoms with E-state index in [9.17, 15) is 13.2 Å². The summed E-state index contributed by atoms with van der Waals surface area (Å²) < 4.78 is 31.3. The number of aryl methyl sites for hydroxylation is 3. The minimum Gasteiger partial charge on any atom is -0.349 e. The summed E-state index contributed by atoms with van der Waals surface area (Å²) in [6, 6.07) is -0.185. The highest BCUT2D eigenvalue weighted by Gasteiger charge is 2.35. The molecular formula is C20H32N6O3S. The van der Waals surface area contributed by atoms with Crippen LogP contribution in [0.4, 0.5) is 0 Å². The third-order valence-electron chi connectivity index (χ3n) is 5.86. The van der Waals surface area contributed by atoms with Crippen molar-refractivity contribution in [1.29, 1.82) is 0 Å². The number of carbonyl (C=O) groups is 1. The summed E-state index contributed by atoms with van der Waals surface area (Å²) in [5.74, 6) is -0.494. The summed E-state index contributed by atoms with van der Waals surface area (Å²) >= 11 is 0. The van der Waals surface area contributed by atoms with Crippen molar-refractivity contribution >= 4 is 15.9 Å². The van der Waals surface area contributed by atoms with E-state index in [4.69, 9.17) is 0 Å². The molecule has 2 atom stereocenters. The first-order chi connectivity index (χ1) is 14.2. The molecule has 1 fully saturated rings. The normalized spacial score (nSPS) is 19.0. The van der Waals surface area contributed by atoms with Crippen molar-refractivity contribution in [3.63, 3.8) is 0 Å². The average Bonchev–Trinajstić information content (AvgIpc) is 3.30. The van der Waals surface area contributed by atoms with Gasteiger partial charge in [0.25, 0.3) is 0 Å². The molecule has 30 heavy (non-hydrogen) atoms. The molecule has 0 spiro atoms. The molecule has 2 aromatic heterocycles. The van der Waals surface area contributed by atoms with Gasteiger partial charge in [0, 0.05) is 43.6 Å². The van der Waals surface area contributed by atoms with Crippen LogP contribution in [-0.2, 0) is 27.9 Å². The van der Waals surface area contributed by atoms with Gasteiger partial charge < -0.3 is 5.32 Å². The Kier molecular flexibility index (Phi) is 6.66. The van der Waals surface area contributed by atoms with Crippen LogP contribution in [0.5, 0.6) is 0 Å². The van der Waals surface area contributed by atoms with E-state index in [1.165, 1.54) is 4.31 Å². The molecule has 1 amide bonds. The molecule has 1 N–H and O–H groups in total. The van der Waals surface area contributed by atoms with Gasteiger partial charge in [-0.1, -0.05) is 0 Å². The highest BCUT2D eigenvalue weighted by molar-refractivity contribution is 7.89. The molecule has 0 saturated carbocycles. The number of amides is 1. The minimum absolute atomic E-state index is 0.118. The zero-order valence-corrected chi connectivity index (χ0v) is 19.2. The van der Waals surface area contributed by atoms with Gasteiger partial charge >= 0.3 is 0 Å². The van der Waals surface area contributed by atoms with Crippen LogP contribution in [0.3, 0.4) is 0 Å². The Balaban J connectivity index is 1.71. The van der Waals surface area contributed by atoms with Crippen LogP contribution < -0.4 is 5.32 Å². The highest BCUT2D eigenvalue weighted by atomic mass is 32.2. The molecule has 9 nitrogen and oxygen atoms in total. The molecule has 0 bridgehead atoms. The number of hydrogen-bond donors (Lipinski definition) is 1. The van der Waals surface area contributed by atoms with Crippen molar-refractivity contribution in [1.82, 2.24) is 29.2 Å². The molecule has 1 aliphatic rings. The quantitative estimate of drug-likeness (QED) is 0.715. The number of piperidine rings is 1. The van der Waals surface area contributed by atoms with Gasteiger partial charge in [-0.2, -0.15) is 14.5 Å². The molecule has 0 radical (unpaired) electrons. The van der Waals surface area contributed by atoms with E-state index < -0.39 is 10.0 Å². The molecule has 3 rings (SSSR count). The average molecular weight is 437 g/mol. The maximum Gasteiger partial charge on any atom is 0.246 e. The topological polar surface area (TPSA) is 102 Å². The van der Waals surface area contributed by atoms with Crippen molar-refractivity contribution < 1.29 is 13.2 Å². The zero-order chi connectivity index (χ0) is 22.1. The van der Waals surface area contributed by atoms with Gasteiger partial charge in [-0.3, -0.25) is 14.2 Å². The standard InChI is InChI=1S/C20H32N6O3S/c1-6-24-13-19(15(4)23-24)30(28,29)25-10-8-9-17(12-25)20(27)22-14(3)18-11-21-26(7-2)16(18)5/h11,13-14,17H,6-10,12H2,1-5H3,(H,22,27)/t14-,17-/m0/s1. The predicted octanol–water partition coefficient (Wildman–Crippen LogP) is 2.01. The number of carbonyl (C=O) groups excluding carboxylic acids is 1. The second kappa shape index (κ2) is 8.89. The van der Waals surface area contributed by atoms with Gasteiger partial charge in [0.2, 0.25) is 15.9 Å². The maximum absolute atomic E-state index is 13.2. The number of sulfonamides is 1. The first-order valence-corrected chi connectivity index (χ1v) is 12.0. The van der Waals surface area contributed by atoms with E-state index in [1.807, 2.05) is 32.4 Å². The molecule has 0 aliphatic carbocycles. The van der Waals surface area contributed by atoms with Gasteiger partial charge in [0.05, 0.1) is 23.9 Å². The molecule has 3 heterocycles. The van der Waals surface area contributed by atoms with Gasteiger partial charge in [-0.25, -0.2) is 8.42 Å². The van der Waals surface area contributed by atoms with Gasteiger partial charge in [-0.05, 0) is 47.5 Å². The molecule has 1 aliphatic heterocycles. The molecule has 0 aromatic carbocycles. The number of nitrogens with one attached hydrogen (secondary N) is 1. The fraction of sp³-hybridized carbons (Fsp3) is 0.650. The van der Waals surface area contributed by atoms with Crippen LogP contribution in [0.25, 0.3) is 0 Å². The lowest BCUT2D eigenvalue weighted by Crippen LogP contribution is -2.45. The minimum atomic E-state index is -3.68. The second-order valence-corrected chi connectivity index (χ2v) is 9.77. The fourth-order valence-electron chi connectivity index (χ4n) is 4.04. The van der Waals surface area contributed by atoms with Crippen LogP contribution in [0.1, 0.15) is 56.6 Å². The van der Waals surface area contributed by atoms with Gasteiger partial charge in [-0.15, -0.1) is 0 Å².